The van der Waals surface area contributed by atoms with Crippen LogP contribution in [-0.4, -0.2) is 26.6 Å². The first-order valence-electron chi connectivity index (χ1n) is 9.11. The number of pyridine rings is 1. The summed E-state index contributed by atoms with van der Waals surface area (Å²) in [6.45, 7) is 1.84. The summed E-state index contributed by atoms with van der Waals surface area (Å²) in [6.07, 6.45) is 3.23. The molecule has 0 bridgehead atoms. The fraction of sp³-hybridized carbons (Fsp3) is 0.0952. The third-order valence-electron chi connectivity index (χ3n) is 4.37. The summed E-state index contributed by atoms with van der Waals surface area (Å²) in [4.78, 5) is 29.9. The Morgan fingerprint density at radius 2 is 1.97 bits per heavy atom. The van der Waals surface area contributed by atoms with Crippen molar-refractivity contribution in [3.63, 3.8) is 0 Å². The highest BCUT2D eigenvalue weighted by molar-refractivity contribution is 8.01. The lowest BCUT2D eigenvalue weighted by Crippen LogP contribution is -2.26. The molecule has 0 fully saturated rings. The van der Waals surface area contributed by atoms with Gasteiger partial charge in [-0.15, -0.1) is 11.8 Å². The van der Waals surface area contributed by atoms with E-state index in [2.05, 4.69) is 20.3 Å². The second-order valence-electron chi connectivity index (χ2n) is 6.55. The topological polar surface area (TPSA) is 106 Å². The number of aromatic nitrogens is 1. The summed E-state index contributed by atoms with van der Waals surface area (Å²) < 4.78 is 15.3. The highest BCUT2D eigenvalue weighted by Crippen LogP contribution is 2.36. The Labute approximate surface area is 181 Å². The summed E-state index contributed by atoms with van der Waals surface area (Å²) in [5.41, 5.74) is 2.31. The van der Waals surface area contributed by atoms with Crippen LogP contribution >= 0.6 is 11.8 Å². The summed E-state index contributed by atoms with van der Waals surface area (Å²) >= 11 is 0.0220. The van der Waals surface area contributed by atoms with E-state index in [1.807, 2.05) is 13.0 Å². The van der Waals surface area contributed by atoms with Gasteiger partial charge in [-0.1, -0.05) is 0 Å². The number of anilines is 3. The van der Waals surface area contributed by atoms with Gasteiger partial charge in [-0.25, -0.2) is 4.72 Å². The Hall–Kier alpha value is -3.01. The highest BCUT2D eigenvalue weighted by Gasteiger charge is 2.23. The van der Waals surface area contributed by atoms with E-state index < -0.39 is 11.4 Å². The first kappa shape index (κ1) is 20.3. The van der Waals surface area contributed by atoms with Gasteiger partial charge in [-0.3, -0.25) is 14.6 Å². The smallest absolute Gasteiger partial charge is 0.255 e. The van der Waals surface area contributed by atoms with Crippen molar-refractivity contribution in [1.82, 2.24) is 4.98 Å². The number of hydrogen-bond donors (Lipinski definition) is 3. The van der Waals surface area contributed by atoms with E-state index in [1.165, 1.54) is 11.8 Å². The fourth-order valence-corrected chi connectivity index (χ4v) is 4.57. The van der Waals surface area contributed by atoms with Crippen LogP contribution in [-0.2, 0) is 16.2 Å². The Morgan fingerprint density at radius 3 is 2.70 bits per heavy atom. The molecule has 1 aliphatic rings. The number of nitrogens with zero attached hydrogens (tertiary/aromatic N) is 1. The molecule has 152 valence electrons. The minimum atomic E-state index is -1.44. The van der Waals surface area contributed by atoms with Crippen LogP contribution in [0.2, 0.25) is 0 Å². The second-order valence-corrected chi connectivity index (χ2v) is 9.15. The van der Waals surface area contributed by atoms with Gasteiger partial charge in [-0.2, -0.15) is 0 Å². The maximum Gasteiger partial charge on any atom is 0.255 e. The molecule has 3 aromatic rings. The predicted octanol–water partition coefficient (Wildman–Crippen LogP) is 3.90. The molecule has 4 rings (SSSR count). The molecule has 0 radical (unpaired) electrons. The summed E-state index contributed by atoms with van der Waals surface area (Å²) in [6, 6.07) is 15.5. The molecule has 1 unspecified atom stereocenters. The summed E-state index contributed by atoms with van der Waals surface area (Å²) in [5.74, 6) is -0.369. The lowest BCUT2D eigenvalue weighted by molar-refractivity contribution is -0.115. The van der Waals surface area contributed by atoms with Crippen LogP contribution < -0.4 is 15.4 Å². The van der Waals surface area contributed by atoms with Crippen molar-refractivity contribution in [2.75, 3.05) is 15.4 Å². The molecular formula is C21H18N4O3S2. The van der Waals surface area contributed by atoms with Gasteiger partial charge in [-0.05, 0) is 61.5 Å². The average Bonchev–Trinajstić information content (AvgIpc) is 2.75. The molecule has 3 N–H and O–H groups in total. The molecule has 0 spiro atoms. The van der Waals surface area contributed by atoms with Gasteiger partial charge in [0, 0.05) is 22.3 Å². The van der Waals surface area contributed by atoms with Crippen LogP contribution in [0, 0.1) is 0 Å². The number of carbonyl (C=O) groups is 2. The number of carbonyl (C=O) groups excluding carboxylic acids is 2. The largest absolute Gasteiger partial charge is 0.588 e. The zero-order chi connectivity index (χ0) is 21.1. The van der Waals surface area contributed by atoms with Gasteiger partial charge < -0.3 is 15.2 Å². The van der Waals surface area contributed by atoms with Crippen molar-refractivity contribution in [1.29, 1.82) is 0 Å². The molecule has 2 aromatic carbocycles. The summed E-state index contributed by atoms with van der Waals surface area (Å²) in [7, 11) is 0. The molecule has 0 saturated heterocycles. The van der Waals surface area contributed by atoms with Gasteiger partial charge in [0.05, 0.1) is 17.1 Å². The van der Waals surface area contributed by atoms with Crippen LogP contribution in [0.15, 0.2) is 76.8 Å². The van der Waals surface area contributed by atoms with Crippen molar-refractivity contribution in [3.05, 3.63) is 72.6 Å². The van der Waals surface area contributed by atoms with Crippen molar-refractivity contribution in [2.45, 2.75) is 22.0 Å². The molecule has 1 aromatic heterocycles. The molecule has 2 amide bonds. The molecular weight excluding hydrogens is 420 g/mol. The van der Waals surface area contributed by atoms with E-state index in [-0.39, 0.29) is 17.1 Å². The monoisotopic (exact) mass is 438 g/mol. The Bertz CT molecular complexity index is 1080. The first-order valence-corrected chi connectivity index (χ1v) is 11.1. The Balaban J connectivity index is 1.41. The van der Waals surface area contributed by atoms with E-state index in [0.29, 0.717) is 27.5 Å². The molecule has 0 aliphatic carbocycles. The van der Waals surface area contributed by atoms with Crippen LogP contribution in [0.1, 0.15) is 17.3 Å². The number of thioether (sulfide) groups is 1. The fourth-order valence-electron chi connectivity index (χ4n) is 2.80. The van der Waals surface area contributed by atoms with Crippen molar-refractivity contribution >= 4 is 52.0 Å². The van der Waals surface area contributed by atoms with Crippen LogP contribution in [0.4, 0.5) is 17.1 Å². The summed E-state index contributed by atoms with van der Waals surface area (Å²) in [5, 5.41) is 5.48. The molecule has 1 aliphatic heterocycles. The zero-order valence-electron chi connectivity index (χ0n) is 15.9. The number of hydrogen-bond acceptors (Lipinski definition) is 6. The predicted molar refractivity (Wildman–Crippen MR) is 119 cm³/mol. The number of rotatable bonds is 5. The second kappa shape index (κ2) is 8.78. The van der Waals surface area contributed by atoms with Crippen LogP contribution in [0.3, 0.4) is 0 Å². The maximum absolute atomic E-state index is 12.6. The lowest BCUT2D eigenvalue weighted by atomic mass is 10.1. The molecule has 30 heavy (non-hydrogen) atoms. The SMILES string of the molecule is C[C@H]1Sc2ccc(C(=O)Nc3ccc([S+]([O-])Nc4cccnc4)cc3)cc2NC1=O. The number of fused-ring (bicyclic) bond motifs is 1. The van der Waals surface area contributed by atoms with Crippen molar-refractivity contribution in [2.24, 2.45) is 0 Å². The quantitative estimate of drug-likeness (QED) is 0.522. The van der Waals surface area contributed by atoms with Gasteiger partial charge in [0.2, 0.25) is 5.91 Å². The third kappa shape index (κ3) is 4.59. The van der Waals surface area contributed by atoms with Gasteiger partial charge in [0.15, 0.2) is 4.90 Å². The highest BCUT2D eigenvalue weighted by atomic mass is 32.2. The number of amides is 2. The zero-order valence-corrected chi connectivity index (χ0v) is 17.5. The van der Waals surface area contributed by atoms with Gasteiger partial charge >= 0.3 is 0 Å². The third-order valence-corrected chi connectivity index (χ3v) is 6.67. The minimum absolute atomic E-state index is 0.0754. The molecule has 7 nitrogen and oxygen atoms in total. The van der Waals surface area contributed by atoms with E-state index in [0.717, 1.165) is 4.90 Å². The van der Waals surface area contributed by atoms with Crippen molar-refractivity contribution in [3.8, 4) is 0 Å². The average molecular weight is 439 g/mol. The van der Waals surface area contributed by atoms with Crippen LogP contribution in [0.5, 0.6) is 0 Å². The van der Waals surface area contributed by atoms with E-state index in [4.69, 9.17) is 0 Å². The van der Waals surface area contributed by atoms with E-state index in [1.54, 1.807) is 60.9 Å². The molecule has 2 atom stereocenters. The van der Waals surface area contributed by atoms with Gasteiger partial charge in [0.1, 0.15) is 17.0 Å². The normalized spacial score (nSPS) is 16.2. The van der Waals surface area contributed by atoms with Crippen molar-refractivity contribution < 1.29 is 14.1 Å². The minimum Gasteiger partial charge on any atom is -0.588 e. The van der Waals surface area contributed by atoms with E-state index in [9.17, 15) is 14.1 Å². The molecule has 0 saturated carbocycles. The maximum atomic E-state index is 12.6. The van der Waals surface area contributed by atoms with Crippen LogP contribution in [0.25, 0.3) is 0 Å². The Kier molecular flexibility index (Phi) is 5.93. The molecule has 2 heterocycles. The number of benzene rings is 2. The van der Waals surface area contributed by atoms with E-state index >= 15 is 0 Å². The number of nitrogens with one attached hydrogen (secondary N) is 3. The lowest BCUT2D eigenvalue weighted by Gasteiger charge is -2.21. The van der Waals surface area contributed by atoms with Gasteiger partial charge in [0.25, 0.3) is 5.91 Å². The first-order chi connectivity index (χ1) is 14.5. The standard InChI is InChI=1S/C21H18N4O3S2/c1-13-20(26)24-18-11-14(4-9-19(18)29-13)21(27)23-15-5-7-17(8-6-15)30(28)25-16-3-2-10-22-12-16/h2-13,25H,1H3,(H,23,27)(H,24,26)/t13-,30?/m1/s1. The Morgan fingerprint density at radius 1 is 1.17 bits per heavy atom. The molecule has 9 heteroatoms.